The summed E-state index contributed by atoms with van der Waals surface area (Å²) in [6, 6.07) is 8.80. The van der Waals surface area contributed by atoms with Gasteiger partial charge in [0.05, 0.1) is 5.69 Å². The van der Waals surface area contributed by atoms with Gasteiger partial charge in [-0.1, -0.05) is 56.7 Å². The monoisotopic (exact) mass is 294 g/mol. The summed E-state index contributed by atoms with van der Waals surface area (Å²) in [5.41, 5.74) is 5.75. The Labute approximate surface area is 135 Å². The minimum Gasteiger partial charge on any atom is -0.252 e. The van der Waals surface area contributed by atoms with Crippen LogP contribution in [0.1, 0.15) is 76.2 Å². The van der Waals surface area contributed by atoms with Crippen molar-refractivity contribution in [1.82, 2.24) is 5.32 Å². The number of hydrogen-bond acceptors (Lipinski definition) is 0. The van der Waals surface area contributed by atoms with Gasteiger partial charge in [-0.05, 0) is 49.7 Å². The van der Waals surface area contributed by atoms with Crippen LogP contribution in [0.25, 0.3) is 5.57 Å². The second kappa shape index (κ2) is 6.48. The van der Waals surface area contributed by atoms with Gasteiger partial charge in [0.2, 0.25) is 0 Å². The summed E-state index contributed by atoms with van der Waals surface area (Å²) in [6.45, 7) is 0. The maximum Gasteiger partial charge on any atom is 0.0708 e. The summed E-state index contributed by atoms with van der Waals surface area (Å²) < 4.78 is 0. The van der Waals surface area contributed by atoms with Crippen molar-refractivity contribution in [2.75, 3.05) is 0 Å². The van der Waals surface area contributed by atoms with E-state index in [1.54, 1.807) is 5.57 Å². The average Bonchev–Trinajstić information content (AvgIpc) is 2.99. The number of fused-ring (bicyclic) bond motifs is 2. The molecule has 1 aliphatic heterocycles. The van der Waals surface area contributed by atoms with E-state index in [2.05, 4.69) is 24.3 Å². The Morgan fingerprint density at radius 1 is 0.773 bits per heavy atom. The van der Waals surface area contributed by atoms with Crippen molar-refractivity contribution < 1.29 is 0 Å². The van der Waals surface area contributed by atoms with E-state index in [9.17, 15) is 0 Å². The molecule has 22 heavy (non-hydrogen) atoms. The number of allylic oxidation sites excluding steroid dienone is 2. The molecule has 1 aromatic carbocycles. The maximum absolute atomic E-state index is 5.09. The molecular weight excluding hydrogens is 266 g/mol. The minimum absolute atomic E-state index is 0.745. The zero-order chi connectivity index (χ0) is 14.8. The second-order valence-corrected chi connectivity index (χ2v) is 7.45. The SMILES string of the molecule is c1ccc2c(c1)[N]C1=C2CCCC1C1CCCCCCCC1. The number of hydrogen-bond donors (Lipinski definition) is 0. The molecule has 1 fully saturated rings. The van der Waals surface area contributed by atoms with Gasteiger partial charge in [0.25, 0.3) is 0 Å². The fourth-order valence-electron chi connectivity index (χ4n) is 4.89. The number of para-hydroxylation sites is 1. The van der Waals surface area contributed by atoms with E-state index in [-0.39, 0.29) is 0 Å². The molecule has 3 aliphatic rings. The number of nitrogens with zero attached hydrogens (tertiary/aromatic N) is 1. The molecule has 0 N–H and O–H groups in total. The van der Waals surface area contributed by atoms with Crippen LogP contribution in [0.2, 0.25) is 0 Å². The first-order valence-corrected chi connectivity index (χ1v) is 9.47. The van der Waals surface area contributed by atoms with Crippen LogP contribution in [-0.4, -0.2) is 0 Å². The Kier molecular flexibility index (Phi) is 4.23. The molecule has 0 amide bonds. The Morgan fingerprint density at radius 3 is 2.32 bits per heavy atom. The molecule has 0 spiro atoms. The van der Waals surface area contributed by atoms with Crippen LogP contribution < -0.4 is 5.32 Å². The van der Waals surface area contributed by atoms with E-state index in [1.807, 2.05) is 0 Å². The maximum atomic E-state index is 5.09. The molecule has 0 aromatic heterocycles. The van der Waals surface area contributed by atoms with Gasteiger partial charge in [-0.3, -0.25) is 5.32 Å². The fraction of sp³-hybridized carbons (Fsp3) is 0.619. The van der Waals surface area contributed by atoms with E-state index in [0.717, 1.165) is 11.8 Å². The highest BCUT2D eigenvalue weighted by Gasteiger charge is 2.35. The van der Waals surface area contributed by atoms with Crippen molar-refractivity contribution >= 4 is 11.3 Å². The molecule has 1 heterocycles. The van der Waals surface area contributed by atoms with Crippen LogP contribution in [-0.2, 0) is 0 Å². The molecule has 0 saturated heterocycles. The van der Waals surface area contributed by atoms with Crippen molar-refractivity contribution in [2.24, 2.45) is 11.8 Å². The first-order chi connectivity index (χ1) is 10.9. The summed E-state index contributed by atoms with van der Waals surface area (Å²) in [6.07, 6.45) is 15.6. The normalized spacial score (nSPS) is 26.5. The van der Waals surface area contributed by atoms with Gasteiger partial charge in [0, 0.05) is 17.2 Å². The third-order valence-electron chi connectivity index (χ3n) is 6.04. The molecule has 2 aliphatic carbocycles. The standard InChI is InChI=1S/C21H28N/c1-2-4-6-11-16(10-5-3-1)17-13-9-14-19-18-12-7-8-15-20(18)22-21(17)19/h7-8,12,15-17H,1-6,9-11,13-14H2. The molecule has 1 atom stereocenters. The predicted molar refractivity (Wildman–Crippen MR) is 92.9 cm³/mol. The van der Waals surface area contributed by atoms with Crippen molar-refractivity contribution in [1.29, 1.82) is 0 Å². The summed E-state index contributed by atoms with van der Waals surface area (Å²) >= 11 is 0. The zero-order valence-corrected chi connectivity index (χ0v) is 13.7. The Hall–Kier alpha value is -1.24. The van der Waals surface area contributed by atoms with Crippen LogP contribution in [0.15, 0.2) is 30.0 Å². The molecule has 1 aromatic rings. The van der Waals surface area contributed by atoms with Crippen LogP contribution in [0.4, 0.5) is 5.69 Å². The molecule has 1 saturated carbocycles. The molecule has 117 valence electrons. The Balaban J connectivity index is 1.58. The topological polar surface area (TPSA) is 14.1 Å². The molecule has 1 radical (unpaired) electrons. The van der Waals surface area contributed by atoms with E-state index in [1.165, 1.54) is 87.6 Å². The van der Waals surface area contributed by atoms with Crippen molar-refractivity contribution in [3.05, 3.63) is 35.5 Å². The zero-order valence-electron chi connectivity index (χ0n) is 13.7. The minimum atomic E-state index is 0.745. The van der Waals surface area contributed by atoms with E-state index >= 15 is 0 Å². The van der Waals surface area contributed by atoms with E-state index in [4.69, 9.17) is 5.32 Å². The summed E-state index contributed by atoms with van der Waals surface area (Å²) in [4.78, 5) is 0. The van der Waals surface area contributed by atoms with Crippen LogP contribution in [0, 0.1) is 11.8 Å². The smallest absolute Gasteiger partial charge is 0.0708 e. The molecule has 0 bridgehead atoms. The summed E-state index contributed by atoms with van der Waals surface area (Å²) in [7, 11) is 0. The summed E-state index contributed by atoms with van der Waals surface area (Å²) in [5.74, 6) is 1.63. The van der Waals surface area contributed by atoms with Crippen LogP contribution in [0.5, 0.6) is 0 Å². The first kappa shape index (κ1) is 14.4. The third kappa shape index (κ3) is 2.71. The van der Waals surface area contributed by atoms with Gasteiger partial charge in [0.15, 0.2) is 0 Å². The molecule has 1 heteroatoms. The van der Waals surface area contributed by atoms with Gasteiger partial charge in [-0.2, -0.15) is 0 Å². The van der Waals surface area contributed by atoms with Crippen molar-refractivity contribution in [2.45, 2.75) is 70.6 Å². The lowest BCUT2D eigenvalue weighted by atomic mass is 9.75. The first-order valence-electron chi connectivity index (χ1n) is 9.47. The van der Waals surface area contributed by atoms with Gasteiger partial charge in [-0.25, -0.2) is 0 Å². The molecule has 1 unspecified atom stereocenters. The lowest BCUT2D eigenvalue weighted by molar-refractivity contribution is 0.289. The number of rotatable bonds is 1. The largest absolute Gasteiger partial charge is 0.252 e. The highest BCUT2D eigenvalue weighted by Crippen LogP contribution is 2.48. The third-order valence-corrected chi connectivity index (χ3v) is 6.04. The molecule has 1 nitrogen and oxygen atoms in total. The van der Waals surface area contributed by atoms with Crippen LogP contribution >= 0.6 is 0 Å². The van der Waals surface area contributed by atoms with Crippen molar-refractivity contribution in [3.63, 3.8) is 0 Å². The predicted octanol–water partition coefficient (Wildman–Crippen LogP) is 6.20. The van der Waals surface area contributed by atoms with Gasteiger partial charge in [-0.15, -0.1) is 0 Å². The summed E-state index contributed by atoms with van der Waals surface area (Å²) in [5, 5.41) is 5.09. The van der Waals surface area contributed by atoms with Gasteiger partial charge >= 0.3 is 0 Å². The molecular formula is C21H28N. The number of benzene rings is 1. The Morgan fingerprint density at radius 2 is 1.50 bits per heavy atom. The van der Waals surface area contributed by atoms with E-state index < -0.39 is 0 Å². The van der Waals surface area contributed by atoms with Crippen LogP contribution in [0.3, 0.4) is 0 Å². The van der Waals surface area contributed by atoms with Crippen molar-refractivity contribution in [3.8, 4) is 0 Å². The lowest BCUT2D eigenvalue weighted by Crippen LogP contribution is -2.23. The highest BCUT2D eigenvalue weighted by atomic mass is 14.9. The van der Waals surface area contributed by atoms with Gasteiger partial charge in [0.1, 0.15) is 0 Å². The average molecular weight is 294 g/mol. The highest BCUT2D eigenvalue weighted by molar-refractivity contribution is 5.82. The Bertz CT molecular complexity index is 547. The quantitative estimate of drug-likeness (QED) is 0.585. The van der Waals surface area contributed by atoms with Gasteiger partial charge < -0.3 is 0 Å². The lowest BCUT2D eigenvalue weighted by Gasteiger charge is -2.31. The fourth-order valence-corrected chi connectivity index (χ4v) is 4.89. The second-order valence-electron chi connectivity index (χ2n) is 7.45. The molecule has 4 rings (SSSR count). The van der Waals surface area contributed by atoms with E-state index in [0.29, 0.717) is 0 Å².